The molecule has 0 aromatic heterocycles. The number of methoxy groups -OCH3 is 2. The lowest BCUT2D eigenvalue weighted by Crippen LogP contribution is -2.30. The summed E-state index contributed by atoms with van der Waals surface area (Å²) in [5, 5.41) is 3.37. The van der Waals surface area contributed by atoms with Gasteiger partial charge in [-0.2, -0.15) is 0 Å². The lowest BCUT2D eigenvalue weighted by atomic mass is 10.0. The van der Waals surface area contributed by atoms with Crippen LogP contribution >= 0.6 is 0 Å². The van der Waals surface area contributed by atoms with Crippen LogP contribution in [0.2, 0.25) is 0 Å². The van der Waals surface area contributed by atoms with Crippen molar-refractivity contribution in [1.29, 1.82) is 0 Å². The van der Waals surface area contributed by atoms with E-state index in [1.807, 2.05) is 26.8 Å². The van der Waals surface area contributed by atoms with Crippen molar-refractivity contribution >= 4 is 0 Å². The largest absolute Gasteiger partial charge is 0.494 e. The average Bonchev–Trinajstić information content (AvgIpc) is 2.38. The summed E-state index contributed by atoms with van der Waals surface area (Å²) in [6.07, 6.45) is 0.895. The summed E-state index contributed by atoms with van der Waals surface area (Å²) in [6.45, 7) is 6.93. The van der Waals surface area contributed by atoms with Gasteiger partial charge in [-0.25, -0.2) is 4.39 Å². The van der Waals surface area contributed by atoms with Crippen LogP contribution in [0.1, 0.15) is 38.8 Å². The van der Waals surface area contributed by atoms with Crippen molar-refractivity contribution in [2.75, 3.05) is 20.8 Å². The highest BCUT2D eigenvalue weighted by Gasteiger charge is 2.16. The summed E-state index contributed by atoms with van der Waals surface area (Å²) in [5.74, 6) is -0.0534. The van der Waals surface area contributed by atoms with Gasteiger partial charge in [0.25, 0.3) is 0 Å². The van der Waals surface area contributed by atoms with E-state index in [0.29, 0.717) is 0 Å². The molecule has 0 amide bonds. The molecule has 0 heterocycles. The van der Waals surface area contributed by atoms with E-state index in [9.17, 15) is 4.39 Å². The molecule has 0 aliphatic carbocycles. The second kappa shape index (κ2) is 6.87. The molecular formula is C15H24FNO2. The van der Waals surface area contributed by atoms with Crippen molar-refractivity contribution in [2.45, 2.75) is 38.8 Å². The zero-order valence-electron chi connectivity index (χ0n) is 12.4. The first kappa shape index (κ1) is 15.9. The number of hydrogen-bond donors (Lipinski definition) is 1. The normalized spacial score (nSPS) is 13.4. The van der Waals surface area contributed by atoms with Crippen LogP contribution in [0.4, 0.5) is 4.39 Å². The third-order valence-corrected chi connectivity index (χ3v) is 3.41. The van der Waals surface area contributed by atoms with E-state index in [2.05, 4.69) is 5.32 Å². The van der Waals surface area contributed by atoms with Crippen LogP contribution in [0.25, 0.3) is 0 Å². The molecule has 1 atom stereocenters. The average molecular weight is 269 g/mol. The lowest BCUT2D eigenvalue weighted by Gasteiger charge is -2.24. The highest BCUT2D eigenvalue weighted by molar-refractivity contribution is 5.30. The van der Waals surface area contributed by atoms with Crippen molar-refractivity contribution in [3.8, 4) is 5.75 Å². The maximum absolute atomic E-state index is 13.6. The molecule has 1 N–H and O–H groups in total. The summed E-state index contributed by atoms with van der Waals surface area (Å²) >= 11 is 0. The predicted molar refractivity (Wildman–Crippen MR) is 75.1 cm³/mol. The number of hydrogen-bond acceptors (Lipinski definition) is 3. The molecular weight excluding hydrogens is 245 g/mol. The van der Waals surface area contributed by atoms with Crippen LogP contribution in [-0.2, 0) is 4.74 Å². The van der Waals surface area contributed by atoms with Gasteiger partial charge in [0.15, 0.2) is 11.6 Å². The van der Waals surface area contributed by atoms with Crippen LogP contribution < -0.4 is 10.1 Å². The Morgan fingerprint density at radius 3 is 2.53 bits per heavy atom. The van der Waals surface area contributed by atoms with E-state index < -0.39 is 0 Å². The number of nitrogens with one attached hydrogen (secondary N) is 1. The van der Waals surface area contributed by atoms with E-state index in [4.69, 9.17) is 9.47 Å². The molecule has 1 rings (SSSR count). The van der Waals surface area contributed by atoms with E-state index >= 15 is 0 Å². The second-order valence-corrected chi connectivity index (χ2v) is 5.28. The molecule has 0 aliphatic rings. The third-order valence-electron chi connectivity index (χ3n) is 3.41. The fourth-order valence-corrected chi connectivity index (χ4v) is 1.76. The van der Waals surface area contributed by atoms with Gasteiger partial charge in [0, 0.05) is 13.2 Å². The minimum Gasteiger partial charge on any atom is -0.494 e. The Morgan fingerprint density at radius 1 is 1.32 bits per heavy atom. The maximum atomic E-state index is 13.6. The number of benzene rings is 1. The number of halogens is 1. The summed E-state index contributed by atoms with van der Waals surface area (Å²) in [6, 6.07) is 5.13. The maximum Gasteiger partial charge on any atom is 0.165 e. The van der Waals surface area contributed by atoms with Gasteiger partial charge in [-0.05, 0) is 51.4 Å². The van der Waals surface area contributed by atoms with Crippen molar-refractivity contribution in [1.82, 2.24) is 5.32 Å². The van der Waals surface area contributed by atoms with Crippen LogP contribution in [0.3, 0.4) is 0 Å². The minimum absolute atomic E-state index is 0.0908. The van der Waals surface area contributed by atoms with Crippen LogP contribution in [0.5, 0.6) is 5.75 Å². The zero-order chi connectivity index (χ0) is 14.5. The van der Waals surface area contributed by atoms with Crippen LogP contribution in [-0.4, -0.2) is 26.4 Å². The Balaban J connectivity index is 2.54. The first-order valence-corrected chi connectivity index (χ1v) is 6.51. The van der Waals surface area contributed by atoms with Gasteiger partial charge >= 0.3 is 0 Å². The standard InChI is InChI=1S/C15H24FNO2/c1-11(17-9-8-15(2,3)19-5)12-6-7-14(18-4)13(16)10-12/h6-7,10-11,17H,8-9H2,1-5H3. The molecule has 4 heteroatoms. The quantitative estimate of drug-likeness (QED) is 0.824. The first-order valence-electron chi connectivity index (χ1n) is 6.51. The molecule has 0 spiro atoms. The van der Waals surface area contributed by atoms with E-state index in [1.165, 1.54) is 13.2 Å². The molecule has 0 saturated heterocycles. The van der Waals surface area contributed by atoms with Gasteiger partial charge in [0.2, 0.25) is 0 Å². The van der Waals surface area contributed by atoms with Crippen LogP contribution in [0, 0.1) is 5.82 Å². The highest BCUT2D eigenvalue weighted by atomic mass is 19.1. The second-order valence-electron chi connectivity index (χ2n) is 5.28. The molecule has 0 bridgehead atoms. The summed E-state index contributed by atoms with van der Waals surface area (Å²) in [4.78, 5) is 0. The molecule has 19 heavy (non-hydrogen) atoms. The Labute approximate surface area is 115 Å². The Bertz CT molecular complexity index is 407. The fraction of sp³-hybridized carbons (Fsp3) is 0.600. The minimum atomic E-state index is -0.328. The molecule has 0 aliphatic heterocycles. The van der Waals surface area contributed by atoms with Crippen molar-refractivity contribution in [3.63, 3.8) is 0 Å². The highest BCUT2D eigenvalue weighted by Crippen LogP contribution is 2.22. The van der Waals surface area contributed by atoms with E-state index in [0.717, 1.165) is 18.5 Å². The molecule has 0 saturated carbocycles. The molecule has 0 fully saturated rings. The fourth-order valence-electron chi connectivity index (χ4n) is 1.76. The number of rotatable bonds is 7. The van der Waals surface area contributed by atoms with E-state index in [1.54, 1.807) is 13.2 Å². The van der Waals surface area contributed by atoms with Crippen molar-refractivity contribution in [3.05, 3.63) is 29.6 Å². The molecule has 3 nitrogen and oxygen atoms in total. The summed E-state index contributed by atoms with van der Waals surface area (Å²) < 4.78 is 23.9. The zero-order valence-corrected chi connectivity index (χ0v) is 12.4. The summed E-state index contributed by atoms with van der Waals surface area (Å²) in [5.41, 5.74) is 0.770. The van der Waals surface area contributed by atoms with Crippen molar-refractivity contribution in [2.24, 2.45) is 0 Å². The third kappa shape index (κ3) is 4.80. The lowest BCUT2D eigenvalue weighted by molar-refractivity contribution is 0.0154. The van der Waals surface area contributed by atoms with Gasteiger partial charge in [-0.1, -0.05) is 6.07 Å². The monoisotopic (exact) mass is 269 g/mol. The van der Waals surface area contributed by atoms with Gasteiger partial charge < -0.3 is 14.8 Å². The summed E-state index contributed by atoms with van der Waals surface area (Å²) in [7, 11) is 3.18. The number of ether oxygens (including phenoxy) is 2. The van der Waals surface area contributed by atoms with Gasteiger partial charge in [0.05, 0.1) is 12.7 Å². The molecule has 1 unspecified atom stereocenters. The smallest absolute Gasteiger partial charge is 0.165 e. The molecule has 0 radical (unpaired) electrons. The SMILES string of the molecule is COc1ccc(C(C)NCCC(C)(C)OC)cc1F. The van der Waals surface area contributed by atoms with E-state index in [-0.39, 0.29) is 23.2 Å². The van der Waals surface area contributed by atoms with Gasteiger partial charge in [-0.15, -0.1) is 0 Å². The Kier molecular flexibility index (Phi) is 5.76. The van der Waals surface area contributed by atoms with Crippen LogP contribution in [0.15, 0.2) is 18.2 Å². The first-order chi connectivity index (χ1) is 8.89. The molecule has 1 aromatic carbocycles. The predicted octanol–water partition coefficient (Wildman–Crippen LogP) is 3.30. The van der Waals surface area contributed by atoms with Gasteiger partial charge in [-0.3, -0.25) is 0 Å². The Morgan fingerprint density at radius 2 is 2.00 bits per heavy atom. The Hall–Kier alpha value is -1.13. The molecule has 1 aromatic rings. The van der Waals surface area contributed by atoms with Crippen molar-refractivity contribution < 1.29 is 13.9 Å². The molecule has 108 valence electrons. The van der Waals surface area contributed by atoms with Gasteiger partial charge in [0.1, 0.15) is 0 Å². The topological polar surface area (TPSA) is 30.5 Å².